The minimum absolute atomic E-state index is 0.183. The number of aromatic nitrogens is 1. The van der Waals surface area contributed by atoms with Gasteiger partial charge < -0.3 is 0 Å². The summed E-state index contributed by atoms with van der Waals surface area (Å²) in [6.45, 7) is 0. The van der Waals surface area contributed by atoms with Crippen molar-refractivity contribution in [2.45, 2.75) is 22.8 Å². The number of thiazole rings is 1. The minimum atomic E-state index is -3.00. The van der Waals surface area contributed by atoms with Gasteiger partial charge in [-0.25, -0.2) is 18.2 Å². The van der Waals surface area contributed by atoms with Crippen LogP contribution in [-0.2, 0) is 5.88 Å². The Morgan fingerprint density at radius 3 is 2.62 bits per heavy atom. The summed E-state index contributed by atoms with van der Waals surface area (Å²) >= 11 is 13.5. The van der Waals surface area contributed by atoms with Crippen LogP contribution in [0.15, 0.2) is 15.8 Å². The number of alkyl halides is 4. The smallest absolute Gasteiger partial charge is 0.237 e. The number of thioether (sulfide) groups is 1. The van der Waals surface area contributed by atoms with Gasteiger partial charge in [0, 0.05) is 0 Å². The molecule has 1 nitrogen and oxygen atoms in total. The zero-order valence-electron chi connectivity index (χ0n) is 7.67. The van der Waals surface area contributed by atoms with Gasteiger partial charge >= 0.3 is 0 Å². The highest BCUT2D eigenvalue weighted by Crippen LogP contribution is 2.32. The van der Waals surface area contributed by atoms with Crippen LogP contribution in [0.1, 0.15) is 5.69 Å². The fraction of sp³-hybridized carbons (Fsp3) is 0.375. The second-order valence-electron chi connectivity index (χ2n) is 2.56. The number of hydrogen-bond acceptors (Lipinski definition) is 3. The molecule has 0 N–H and O–H groups in total. The van der Waals surface area contributed by atoms with Gasteiger partial charge in [0.15, 0.2) is 10.5 Å². The van der Waals surface area contributed by atoms with Crippen LogP contribution in [0.5, 0.6) is 0 Å². The van der Waals surface area contributed by atoms with Crippen molar-refractivity contribution >= 4 is 46.3 Å². The average Bonchev–Trinajstić information content (AvgIpc) is 2.58. The number of rotatable bonds is 5. The second-order valence-corrected chi connectivity index (χ2v) is 5.58. The summed E-state index contributed by atoms with van der Waals surface area (Å²) in [5.74, 6) is 0.183. The van der Waals surface area contributed by atoms with E-state index in [0.717, 1.165) is 17.8 Å². The Morgan fingerprint density at radius 2 is 2.12 bits per heavy atom. The summed E-state index contributed by atoms with van der Waals surface area (Å²) < 4.78 is 37.0. The van der Waals surface area contributed by atoms with Gasteiger partial charge in [0.2, 0.25) is 0 Å². The Hall–Kier alpha value is 0.0900. The molecule has 1 heterocycles. The molecule has 0 aliphatic heterocycles. The van der Waals surface area contributed by atoms with E-state index in [1.54, 1.807) is 0 Å². The number of nitrogens with zero attached hydrogens (tertiary/aromatic N) is 1. The van der Waals surface area contributed by atoms with Gasteiger partial charge in [-0.05, 0) is 11.5 Å². The van der Waals surface area contributed by atoms with E-state index in [4.69, 9.17) is 23.2 Å². The second kappa shape index (κ2) is 6.74. The first-order valence-electron chi connectivity index (χ1n) is 4.01. The third-order valence-corrected chi connectivity index (χ3v) is 3.94. The first-order chi connectivity index (χ1) is 7.54. The molecule has 0 fully saturated rings. The number of allylic oxidation sites excluding steroid dienone is 1. The van der Waals surface area contributed by atoms with Crippen molar-refractivity contribution in [2.75, 3.05) is 0 Å². The van der Waals surface area contributed by atoms with Gasteiger partial charge in [-0.15, -0.1) is 11.6 Å². The van der Waals surface area contributed by atoms with Crippen molar-refractivity contribution in [1.29, 1.82) is 0 Å². The Bertz CT molecular complexity index is 370. The van der Waals surface area contributed by atoms with E-state index in [1.165, 1.54) is 16.7 Å². The monoisotopic (exact) mass is 307 g/mol. The normalized spacial score (nSPS) is 13.9. The van der Waals surface area contributed by atoms with Gasteiger partial charge in [-0.3, -0.25) is 0 Å². The molecule has 90 valence electrons. The standard InChI is InChI=1S/C8H6Cl2F3NS2/c9-3-5-6(10)16-8(14-5)15-2-1-4(11)7(12)13/h1-2,4,7H,3H2/b2-1+. The zero-order valence-corrected chi connectivity index (χ0v) is 10.8. The SMILES string of the molecule is FC(F)C(F)/C=C/Sc1nc(CCl)c(Cl)s1. The molecule has 0 saturated heterocycles. The predicted octanol–water partition coefficient (Wildman–Crippen LogP) is 4.74. The maximum Gasteiger partial charge on any atom is 0.272 e. The summed E-state index contributed by atoms with van der Waals surface area (Å²) in [5.41, 5.74) is 0.537. The highest BCUT2D eigenvalue weighted by atomic mass is 35.5. The van der Waals surface area contributed by atoms with E-state index in [0.29, 0.717) is 14.4 Å². The Balaban J connectivity index is 2.54. The number of halogens is 5. The van der Waals surface area contributed by atoms with Crippen LogP contribution in [-0.4, -0.2) is 17.6 Å². The molecule has 0 aliphatic carbocycles. The molecule has 0 spiro atoms. The van der Waals surface area contributed by atoms with Crippen LogP contribution in [0.4, 0.5) is 13.2 Å². The van der Waals surface area contributed by atoms with Gasteiger partial charge in [0.1, 0.15) is 4.34 Å². The molecule has 0 aliphatic rings. The third-order valence-electron chi connectivity index (χ3n) is 1.43. The fourth-order valence-corrected chi connectivity index (χ4v) is 3.17. The van der Waals surface area contributed by atoms with Crippen LogP contribution in [0, 0.1) is 0 Å². The molecule has 8 heteroatoms. The summed E-state index contributed by atoms with van der Waals surface area (Å²) in [4.78, 5) is 4.03. The van der Waals surface area contributed by atoms with Crippen LogP contribution >= 0.6 is 46.3 Å². The molecule has 1 atom stereocenters. The highest BCUT2D eigenvalue weighted by molar-refractivity contribution is 8.03. The first kappa shape index (κ1) is 14.2. The van der Waals surface area contributed by atoms with Crippen molar-refractivity contribution in [3.8, 4) is 0 Å². The van der Waals surface area contributed by atoms with Crippen LogP contribution in [0.25, 0.3) is 0 Å². The van der Waals surface area contributed by atoms with Crippen LogP contribution in [0.2, 0.25) is 4.34 Å². The molecule has 16 heavy (non-hydrogen) atoms. The maximum atomic E-state index is 12.5. The first-order valence-corrected chi connectivity index (χ1v) is 6.62. The summed E-state index contributed by atoms with van der Waals surface area (Å²) in [7, 11) is 0. The van der Waals surface area contributed by atoms with E-state index in [1.807, 2.05) is 0 Å². The van der Waals surface area contributed by atoms with E-state index in [-0.39, 0.29) is 5.88 Å². The molecule has 0 amide bonds. The molecule has 0 radical (unpaired) electrons. The van der Waals surface area contributed by atoms with Gasteiger partial charge in [0.25, 0.3) is 6.43 Å². The lowest BCUT2D eigenvalue weighted by Gasteiger charge is -1.97. The van der Waals surface area contributed by atoms with E-state index in [9.17, 15) is 13.2 Å². The Kier molecular flexibility index (Phi) is 5.96. The predicted molar refractivity (Wildman–Crippen MR) is 62.6 cm³/mol. The van der Waals surface area contributed by atoms with Crippen molar-refractivity contribution in [2.24, 2.45) is 0 Å². The van der Waals surface area contributed by atoms with Crippen molar-refractivity contribution in [1.82, 2.24) is 4.98 Å². The topological polar surface area (TPSA) is 12.9 Å². The largest absolute Gasteiger partial charge is 0.272 e. The quantitative estimate of drug-likeness (QED) is 0.575. The maximum absolute atomic E-state index is 12.5. The zero-order chi connectivity index (χ0) is 12.1. The lowest BCUT2D eigenvalue weighted by molar-refractivity contribution is 0.0751. The molecule has 1 rings (SSSR count). The van der Waals surface area contributed by atoms with Crippen LogP contribution < -0.4 is 0 Å². The lowest BCUT2D eigenvalue weighted by atomic mass is 10.4. The fourth-order valence-electron chi connectivity index (χ4n) is 0.702. The third kappa shape index (κ3) is 4.16. The van der Waals surface area contributed by atoms with Gasteiger partial charge in [-0.2, -0.15) is 0 Å². The molecule has 1 aromatic rings. The van der Waals surface area contributed by atoms with Crippen molar-refractivity contribution in [3.63, 3.8) is 0 Å². The van der Waals surface area contributed by atoms with E-state index >= 15 is 0 Å². The number of hydrogen-bond donors (Lipinski definition) is 0. The summed E-state index contributed by atoms with van der Waals surface area (Å²) in [6.07, 6.45) is -4.48. The molecular formula is C8H6Cl2F3NS2. The van der Waals surface area contributed by atoms with Gasteiger partial charge in [-0.1, -0.05) is 34.7 Å². The summed E-state index contributed by atoms with van der Waals surface area (Å²) in [6, 6.07) is 0. The van der Waals surface area contributed by atoms with E-state index < -0.39 is 12.6 Å². The van der Waals surface area contributed by atoms with Crippen molar-refractivity contribution < 1.29 is 13.2 Å². The molecule has 0 aromatic carbocycles. The molecule has 0 saturated carbocycles. The van der Waals surface area contributed by atoms with E-state index in [2.05, 4.69) is 4.98 Å². The lowest BCUT2D eigenvalue weighted by Crippen LogP contribution is -2.07. The average molecular weight is 308 g/mol. The van der Waals surface area contributed by atoms with Gasteiger partial charge in [0.05, 0.1) is 11.6 Å². The molecule has 1 aromatic heterocycles. The minimum Gasteiger partial charge on any atom is -0.237 e. The molecular weight excluding hydrogens is 302 g/mol. The van der Waals surface area contributed by atoms with Crippen LogP contribution in [0.3, 0.4) is 0 Å². The molecule has 1 unspecified atom stereocenters. The molecule has 0 bridgehead atoms. The summed E-state index contributed by atoms with van der Waals surface area (Å²) in [5, 5.41) is 1.23. The Morgan fingerprint density at radius 1 is 1.44 bits per heavy atom. The highest BCUT2D eigenvalue weighted by Gasteiger charge is 2.15. The Labute approximate surface area is 109 Å². The van der Waals surface area contributed by atoms with Crippen molar-refractivity contribution in [3.05, 3.63) is 21.5 Å².